The smallest absolute Gasteiger partial charge is 0.210 e. The van der Waals surface area contributed by atoms with Crippen LogP contribution in [0.3, 0.4) is 0 Å². The molecule has 0 aliphatic heterocycles. The standard InChI is InChI=1S/C8H12N2O2/c1-3-10-4-7(9-5-10)8(12)6(2)11/h4-6,11H,3H2,1-2H3. The Labute approximate surface area is 70.9 Å². The predicted molar refractivity (Wildman–Crippen MR) is 43.9 cm³/mol. The summed E-state index contributed by atoms with van der Waals surface area (Å²) in [7, 11) is 0. The molecule has 1 N–H and O–H groups in total. The highest BCUT2D eigenvalue weighted by atomic mass is 16.3. The van der Waals surface area contributed by atoms with E-state index in [1.807, 2.05) is 6.92 Å². The number of Topliss-reactive ketones (excluding diaryl/α,β-unsaturated/α-hetero) is 1. The first-order chi connectivity index (χ1) is 5.65. The molecule has 1 aromatic rings. The van der Waals surface area contributed by atoms with E-state index in [2.05, 4.69) is 4.98 Å². The van der Waals surface area contributed by atoms with Crippen molar-refractivity contribution in [3.05, 3.63) is 18.2 Å². The van der Waals surface area contributed by atoms with E-state index in [4.69, 9.17) is 5.11 Å². The van der Waals surface area contributed by atoms with Gasteiger partial charge >= 0.3 is 0 Å². The molecule has 0 fully saturated rings. The first-order valence-electron chi connectivity index (χ1n) is 3.89. The van der Waals surface area contributed by atoms with Crippen molar-refractivity contribution in [2.24, 2.45) is 0 Å². The van der Waals surface area contributed by atoms with Crippen molar-refractivity contribution >= 4 is 5.78 Å². The van der Waals surface area contributed by atoms with Crippen LogP contribution in [0.5, 0.6) is 0 Å². The third kappa shape index (κ3) is 1.71. The van der Waals surface area contributed by atoms with E-state index in [1.54, 1.807) is 17.1 Å². The maximum Gasteiger partial charge on any atom is 0.210 e. The zero-order valence-electron chi connectivity index (χ0n) is 7.19. The number of imidazole rings is 1. The maximum atomic E-state index is 11.1. The number of aromatic nitrogens is 2. The van der Waals surface area contributed by atoms with Crippen molar-refractivity contribution in [3.63, 3.8) is 0 Å². The molecule has 0 spiro atoms. The number of aryl methyl sites for hydroxylation is 1. The second-order valence-electron chi connectivity index (χ2n) is 2.63. The highest BCUT2D eigenvalue weighted by Gasteiger charge is 2.14. The van der Waals surface area contributed by atoms with Crippen LogP contribution in [0.25, 0.3) is 0 Å². The Kier molecular flexibility index (Phi) is 2.60. The molecule has 0 saturated carbocycles. The van der Waals surface area contributed by atoms with Crippen molar-refractivity contribution in [2.45, 2.75) is 26.5 Å². The van der Waals surface area contributed by atoms with Crippen molar-refractivity contribution < 1.29 is 9.90 Å². The normalized spacial score (nSPS) is 12.9. The van der Waals surface area contributed by atoms with Crippen LogP contribution in [0, 0.1) is 0 Å². The summed E-state index contributed by atoms with van der Waals surface area (Å²) in [6, 6.07) is 0. The average Bonchev–Trinajstić information content (AvgIpc) is 2.50. The summed E-state index contributed by atoms with van der Waals surface area (Å²) in [5.74, 6) is -0.331. The van der Waals surface area contributed by atoms with Gasteiger partial charge in [0.1, 0.15) is 11.8 Å². The van der Waals surface area contributed by atoms with Crippen molar-refractivity contribution in [1.29, 1.82) is 0 Å². The molecule has 1 rings (SSSR count). The SMILES string of the molecule is CCn1cnc(C(=O)C(C)O)c1. The van der Waals surface area contributed by atoms with E-state index in [1.165, 1.54) is 6.92 Å². The van der Waals surface area contributed by atoms with E-state index in [0.29, 0.717) is 5.69 Å². The highest BCUT2D eigenvalue weighted by Crippen LogP contribution is 2.00. The van der Waals surface area contributed by atoms with E-state index in [0.717, 1.165) is 6.54 Å². The molecule has 1 unspecified atom stereocenters. The quantitative estimate of drug-likeness (QED) is 0.667. The van der Waals surface area contributed by atoms with Gasteiger partial charge in [-0.25, -0.2) is 4.98 Å². The molecule has 0 saturated heterocycles. The Morgan fingerprint density at radius 3 is 2.92 bits per heavy atom. The van der Waals surface area contributed by atoms with Crippen LogP contribution >= 0.6 is 0 Å². The molecular weight excluding hydrogens is 156 g/mol. The first-order valence-corrected chi connectivity index (χ1v) is 3.89. The fourth-order valence-electron chi connectivity index (χ4n) is 0.874. The number of rotatable bonds is 3. The molecule has 0 aliphatic carbocycles. The molecule has 1 atom stereocenters. The first kappa shape index (κ1) is 8.93. The number of carbonyl (C=O) groups is 1. The van der Waals surface area contributed by atoms with Crippen LogP contribution in [0.4, 0.5) is 0 Å². The highest BCUT2D eigenvalue weighted by molar-refractivity contribution is 5.97. The zero-order valence-corrected chi connectivity index (χ0v) is 7.19. The van der Waals surface area contributed by atoms with Crippen LogP contribution in [0.1, 0.15) is 24.3 Å². The minimum absolute atomic E-state index is 0.326. The van der Waals surface area contributed by atoms with E-state index in [-0.39, 0.29) is 5.78 Å². The van der Waals surface area contributed by atoms with Gasteiger partial charge in [-0.1, -0.05) is 0 Å². The Balaban J connectivity index is 2.82. The maximum absolute atomic E-state index is 11.1. The van der Waals surface area contributed by atoms with Crippen LogP contribution in [-0.4, -0.2) is 26.5 Å². The molecule has 0 aliphatic rings. The molecule has 12 heavy (non-hydrogen) atoms. The van der Waals surface area contributed by atoms with Gasteiger partial charge in [0.15, 0.2) is 0 Å². The molecule has 4 nitrogen and oxygen atoms in total. The van der Waals surface area contributed by atoms with E-state index in [9.17, 15) is 4.79 Å². The molecule has 0 amide bonds. The zero-order chi connectivity index (χ0) is 9.14. The van der Waals surface area contributed by atoms with Crippen molar-refractivity contribution in [3.8, 4) is 0 Å². The molecular formula is C8H12N2O2. The Morgan fingerprint density at radius 2 is 2.50 bits per heavy atom. The van der Waals surface area contributed by atoms with Crippen molar-refractivity contribution in [1.82, 2.24) is 9.55 Å². The van der Waals surface area contributed by atoms with E-state index >= 15 is 0 Å². The molecule has 0 aromatic carbocycles. The molecule has 66 valence electrons. The molecule has 0 bridgehead atoms. The number of aliphatic hydroxyl groups is 1. The molecule has 1 aromatic heterocycles. The van der Waals surface area contributed by atoms with Gasteiger partial charge in [0.05, 0.1) is 6.33 Å². The molecule has 1 heterocycles. The number of ketones is 1. The lowest BCUT2D eigenvalue weighted by Crippen LogP contribution is -2.16. The fourth-order valence-corrected chi connectivity index (χ4v) is 0.874. The lowest BCUT2D eigenvalue weighted by Gasteiger charge is -1.97. The summed E-state index contributed by atoms with van der Waals surface area (Å²) in [5.41, 5.74) is 0.326. The summed E-state index contributed by atoms with van der Waals surface area (Å²) in [6.07, 6.45) is 2.25. The summed E-state index contributed by atoms with van der Waals surface area (Å²) in [4.78, 5) is 15.0. The minimum atomic E-state index is -0.967. The minimum Gasteiger partial charge on any atom is -0.385 e. The number of hydrogen-bond donors (Lipinski definition) is 1. The largest absolute Gasteiger partial charge is 0.385 e. The van der Waals surface area contributed by atoms with E-state index < -0.39 is 6.10 Å². The Morgan fingerprint density at radius 1 is 1.83 bits per heavy atom. The van der Waals surface area contributed by atoms with Gasteiger partial charge in [0.25, 0.3) is 0 Å². The second-order valence-corrected chi connectivity index (χ2v) is 2.63. The monoisotopic (exact) mass is 168 g/mol. The lowest BCUT2D eigenvalue weighted by molar-refractivity contribution is 0.0774. The second kappa shape index (κ2) is 3.49. The number of hydrogen-bond acceptors (Lipinski definition) is 3. The van der Waals surface area contributed by atoms with Gasteiger partial charge in [-0.15, -0.1) is 0 Å². The number of carbonyl (C=O) groups excluding carboxylic acids is 1. The third-order valence-electron chi connectivity index (χ3n) is 1.63. The fraction of sp³-hybridized carbons (Fsp3) is 0.500. The number of nitrogens with zero attached hydrogens (tertiary/aromatic N) is 2. The van der Waals surface area contributed by atoms with Crippen LogP contribution < -0.4 is 0 Å². The summed E-state index contributed by atoms with van der Waals surface area (Å²) in [5, 5.41) is 8.96. The van der Waals surface area contributed by atoms with Crippen molar-refractivity contribution in [2.75, 3.05) is 0 Å². The Hall–Kier alpha value is -1.16. The van der Waals surface area contributed by atoms with Gasteiger partial charge in [-0.3, -0.25) is 4.79 Å². The van der Waals surface area contributed by atoms with Gasteiger partial charge in [0.2, 0.25) is 5.78 Å². The molecule has 0 radical (unpaired) electrons. The summed E-state index contributed by atoms with van der Waals surface area (Å²) in [6.45, 7) is 4.17. The van der Waals surface area contributed by atoms with Gasteiger partial charge < -0.3 is 9.67 Å². The lowest BCUT2D eigenvalue weighted by atomic mass is 10.2. The van der Waals surface area contributed by atoms with Gasteiger partial charge in [-0.2, -0.15) is 0 Å². The topological polar surface area (TPSA) is 55.1 Å². The van der Waals surface area contributed by atoms with Gasteiger partial charge in [-0.05, 0) is 13.8 Å². The third-order valence-corrected chi connectivity index (χ3v) is 1.63. The average molecular weight is 168 g/mol. The molecule has 4 heteroatoms. The van der Waals surface area contributed by atoms with Crippen LogP contribution in [0.15, 0.2) is 12.5 Å². The van der Waals surface area contributed by atoms with Crippen LogP contribution in [0.2, 0.25) is 0 Å². The van der Waals surface area contributed by atoms with Gasteiger partial charge in [0, 0.05) is 12.7 Å². The van der Waals surface area contributed by atoms with Crippen LogP contribution in [-0.2, 0) is 6.54 Å². The Bertz CT molecular complexity index is 278. The number of aliphatic hydroxyl groups excluding tert-OH is 1. The predicted octanol–water partition coefficient (Wildman–Crippen LogP) is 0.466. The summed E-state index contributed by atoms with van der Waals surface area (Å²) < 4.78 is 1.79. The summed E-state index contributed by atoms with van der Waals surface area (Å²) >= 11 is 0.